The molecule has 3 aromatic rings. The predicted molar refractivity (Wildman–Crippen MR) is 109 cm³/mol. The van der Waals surface area contributed by atoms with E-state index in [4.69, 9.17) is 4.74 Å². The number of nitrogens with one attached hydrogen (secondary N) is 1. The Labute approximate surface area is 168 Å². The first kappa shape index (κ1) is 18.9. The van der Waals surface area contributed by atoms with E-state index < -0.39 is 0 Å². The van der Waals surface area contributed by atoms with Crippen molar-refractivity contribution in [1.82, 2.24) is 10.2 Å². The molecule has 26 heavy (non-hydrogen) atoms. The minimum Gasteiger partial charge on any atom is -0.494 e. The standard InChI is InChI=1S/C18H16BrN3O2S2/c1-2-24-15-9-5-13(6-10-15)16(23)20-17-21-22-18(26-17)25-11-12-3-7-14(19)8-4-12/h3-10H,2,11H2,1H3,(H,20,21,23). The number of halogens is 1. The molecule has 0 aliphatic carbocycles. The summed E-state index contributed by atoms with van der Waals surface area (Å²) in [5.41, 5.74) is 1.75. The molecule has 0 aliphatic heterocycles. The van der Waals surface area contributed by atoms with Crippen LogP contribution in [0.25, 0.3) is 0 Å². The molecule has 1 amide bonds. The quantitative estimate of drug-likeness (QED) is 0.394. The molecule has 8 heteroatoms. The number of aromatic nitrogens is 2. The highest BCUT2D eigenvalue weighted by atomic mass is 79.9. The molecule has 0 bridgehead atoms. The summed E-state index contributed by atoms with van der Waals surface area (Å²) in [5.74, 6) is 1.33. The van der Waals surface area contributed by atoms with E-state index in [1.165, 1.54) is 16.9 Å². The number of carbonyl (C=O) groups is 1. The van der Waals surface area contributed by atoms with Crippen LogP contribution in [-0.2, 0) is 5.75 Å². The zero-order chi connectivity index (χ0) is 18.4. The zero-order valence-electron chi connectivity index (χ0n) is 13.9. The summed E-state index contributed by atoms with van der Waals surface area (Å²) in [4.78, 5) is 12.3. The smallest absolute Gasteiger partial charge is 0.257 e. The fourth-order valence-electron chi connectivity index (χ4n) is 2.08. The summed E-state index contributed by atoms with van der Waals surface area (Å²) >= 11 is 6.38. The monoisotopic (exact) mass is 449 g/mol. The Morgan fingerprint density at radius 3 is 2.58 bits per heavy atom. The molecule has 1 aromatic heterocycles. The second kappa shape index (κ2) is 9.16. The van der Waals surface area contributed by atoms with Gasteiger partial charge < -0.3 is 4.74 Å². The van der Waals surface area contributed by atoms with Crippen LogP contribution in [0.2, 0.25) is 0 Å². The van der Waals surface area contributed by atoms with E-state index in [1.807, 2.05) is 19.1 Å². The van der Waals surface area contributed by atoms with Gasteiger partial charge in [-0.2, -0.15) is 0 Å². The number of ether oxygens (including phenoxy) is 1. The summed E-state index contributed by atoms with van der Waals surface area (Å²) < 4.78 is 7.25. The first-order chi connectivity index (χ1) is 12.6. The van der Waals surface area contributed by atoms with E-state index >= 15 is 0 Å². The van der Waals surface area contributed by atoms with Crippen molar-refractivity contribution >= 4 is 50.1 Å². The Morgan fingerprint density at radius 1 is 1.15 bits per heavy atom. The minimum atomic E-state index is -0.214. The molecule has 0 radical (unpaired) electrons. The van der Waals surface area contributed by atoms with Crippen LogP contribution >= 0.6 is 39.0 Å². The molecule has 0 saturated heterocycles. The number of carbonyl (C=O) groups excluding carboxylic acids is 1. The predicted octanol–water partition coefficient (Wildman–Crippen LogP) is 5.24. The lowest BCUT2D eigenvalue weighted by Crippen LogP contribution is -2.11. The Kier molecular flexibility index (Phi) is 6.65. The molecule has 0 saturated carbocycles. The topological polar surface area (TPSA) is 64.1 Å². The van der Waals surface area contributed by atoms with E-state index in [2.05, 4.69) is 43.6 Å². The minimum absolute atomic E-state index is 0.214. The van der Waals surface area contributed by atoms with Gasteiger partial charge in [0, 0.05) is 15.8 Å². The van der Waals surface area contributed by atoms with Crippen LogP contribution < -0.4 is 10.1 Å². The number of hydrogen-bond donors (Lipinski definition) is 1. The average molecular weight is 450 g/mol. The van der Waals surface area contributed by atoms with Gasteiger partial charge in [0.15, 0.2) is 4.34 Å². The molecule has 0 atom stereocenters. The first-order valence-electron chi connectivity index (χ1n) is 7.89. The van der Waals surface area contributed by atoms with Crippen molar-refractivity contribution in [2.24, 2.45) is 0 Å². The molecule has 1 N–H and O–H groups in total. The summed E-state index contributed by atoms with van der Waals surface area (Å²) in [7, 11) is 0. The summed E-state index contributed by atoms with van der Waals surface area (Å²) in [6.07, 6.45) is 0. The van der Waals surface area contributed by atoms with Crippen molar-refractivity contribution in [3.8, 4) is 5.75 Å². The lowest BCUT2D eigenvalue weighted by atomic mass is 10.2. The largest absolute Gasteiger partial charge is 0.494 e. The maximum Gasteiger partial charge on any atom is 0.257 e. The van der Waals surface area contributed by atoms with Gasteiger partial charge in [0.05, 0.1) is 6.61 Å². The van der Waals surface area contributed by atoms with E-state index in [1.54, 1.807) is 36.0 Å². The molecule has 0 aliphatic rings. The Morgan fingerprint density at radius 2 is 1.88 bits per heavy atom. The number of thioether (sulfide) groups is 1. The molecule has 0 unspecified atom stereocenters. The van der Waals surface area contributed by atoms with Crippen molar-refractivity contribution in [1.29, 1.82) is 0 Å². The molecule has 134 valence electrons. The van der Waals surface area contributed by atoms with Gasteiger partial charge in [0.25, 0.3) is 5.91 Å². The average Bonchev–Trinajstić information content (AvgIpc) is 3.09. The third-order valence-electron chi connectivity index (χ3n) is 3.33. The van der Waals surface area contributed by atoms with Crippen molar-refractivity contribution in [2.75, 3.05) is 11.9 Å². The van der Waals surface area contributed by atoms with Crippen LogP contribution in [0.5, 0.6) is 5.75 Å². The van der Waals surface area contributed by atoms with Gasteiger partial charge in [-0.25, -0.2) is 0 Å². The van der Waals surface area contributed by atoms with Crippen LogP contribution in [0.1, 0.15) is 22.8 Å². The SMILES string of the molecule is CCOc1ccc(C(=O)Nc2nnc(SCc3ccc(Br)cc3)s2)cc1. The lowest BCUT2D eigenvalue weighted by molar-refractivity contribution is 0.102. The molecule has 3 rings (SSSR count). The number of anilines is 1. The zero-order valence-corrected chi connectivity index (χ0v) is 17.2. The van der Waals surface area contributed by atoms with Gasteiger partial charge in [-0.15, -0.1) is 10.2 Å². The first-order valence-corrected chi connectivity index (χ1v) is 10.5. The van der Waals surface area contributed by atoms with Crippen molar-refractivity contribution in [3.63, 3.8) is 0 Å². The third kappa shape index (κ3) is 5.30. The van der Waals surface area contributed by atoms with Crippen LogP contribution in [0.15, 0.2) is 57.3 Å². The number of nitrogens with zero attached hydrogens (tertiary/aromatic N) is 2. The number of hydrogen-bond acceptors (Lipinski definition) is 6. The van der Waals surface area contributed by atoms with E-state index in [0.717, 1.165) is 20.3 Å². The van der Waals surface area contributed by atoms with Gasteiger partial charge in [-0.3, -0.25) is 10.1 Å². The fraction of sp³-hybridized carbons (Fsp3) is 0.167. The summed E-state index contributed by atoms with van der Waals surface area (Å²) in [5, 5.41) is 11.4. The second-order valence-electron chi connectivity index (χ2n) is 5.20. The van der Waals surface area contributed by atoms with Gasteiger partial charge >= 0.3 is 0 Å². The molecule has 1 heterocycles. The molecular weight excluding hydrogens is 434 g/mol. The number of amides is 1. The van der Waals surface area contributed by atoms with Gasteiger partial charge in [0.2, 0.25) is 5.13 Å². The molecule has 0 spiro atoms. The normalized spacial score (nSPS) is 10.5. The third-order valence-corrected chi connectivity index (χ3v) is 5.90. The van der Waals surface area contributed by atoms with E-state index in [9.17, 15) is 4.79 Å². The van der Waals surface area contributed by atoms with E-state index in [-0.39, 0.29) is 5.91 Å². The highest BCUT2D eigenvalue weighted by Crippen LogP contribution is 2.29. The molecule has 2 aromatic carbocycles. The second-order valence-corrected chi connectivity index (χ2v) is 8.32. The maximum absolute atomic E-state index is 12.3. The molecule has 5 nitrogen and oxygen atoms in total. The Balaban J connectivity index is 1.55. The highest BCUT2D eigenvalue weighted by molar-refractivity contribution is 9.10. The van der Waals surface area contributed by atoms with Crippen molar-refractivity contribution in [2.45, 2.75) is 17.0 Å². The highest BCUT2D eigenvalue weighted by Gasteiger charge is 2.11. The van der Waals surface area contributed by atoms with Crippen LogP contribution in [-0.4, -0.2) is 22.7 Å². The number of benzene rings is 2. The fourth-order valence-corrected chi connectivity index (χ4v) is 4.05. The van der Waals surface area contributed by atoms with Crippen molar-refractivity contribution < 1.29 is 9.53 Å². The van der Waals surface area contributed by atoms with Crippen molar-refractivity contribution in [3.05, 3.63) is 64.1 Å². The van der Waals surface area contributed by atoms with Crippen LogP contribution in [0.3, 0.4) is 0 Å². The van der Waals surface area contributed by atoms with Gasteiger partial charge in [-0.1, -0.05) is 51.2 Å². The molecule has 0 fully saturated rings. The Bertz CT molecular complexity index is 867. The number of rotatable bonds is 7. The van der Waals surface area contributed by atoms with Gasteiger partial charge in [-0.05, 0) is 48.9 Å². The maximum atomic E-state index is 12.3. The summed E-state index contributed by atoms with van der Waals surface area (Å²) in [6, 6.07) is 15.2. The van der Waals surface area contributed by atoms with Crippen LogP contribution in [0.4, 0.5) is 5.13 Å². The van der Waals surface area contributed by atoms with Gasteiger partial charge in [0.1, 0.15) is 5.75 Å². The van der Waals surface area contributed by atoms with E-state index in [0.29, 0.717) is 17.3 Å². The lowest BCUT2D eigenvalue weighted by Gasteiger charge is -2.04. The Hall–Kier alpha value is -1.90. The molecular formula is C18H16BrN3O2S2. The van der Waals surface area contributed by atoms with Crippen LogP contribution in [0, 0.1) is 0 Å². The summed E-state index contributed by atoms with van der Waals surface area (Å²) in [6.45, 7) is 2.51.